The molecule has 0 fully saturated rings. The van der Waals surface area contributed by atoms with Crippen molar-refractivity contribution < 1.29 is 28.3 Å². The lowest BCUT2D eigenvalue weighted by atomic mass is 10.1. The molecule has 3 rings (SSSR count). The number of carbonyl (C=O) groups excluding carboxylic acids is 3. The van der Waals surface area contributed by atoms with Gasteiger partial charge in [-0.05, 0) is 32.0 Å². The lowest BCUT2D eigenvalue weighted by Gasteiger charge is -2.14. The van der Waals surface area contributed by atoms with Crippen LogP contribution in [0.2, 0.25) is 0 Å². The van der Waals surface area contributed by atoms with Gasteiger partial charge in [-0.15, -0.1) is 0 Å². The van der Waals surface area contributed by atoms with Crippen molar-refractivity contribution in [2.45, 2.75) is 26.5 Å². The van der Waals surface area contributed by atoms with Gasteiger partial charge in [0, 0.05) is 23.2 Å². The Morgan fingerprint density at radius 1 is 1.00 bits per heavy atom. The molecule has 0 aliphatic heterocycles. The summed E-state index contributed by atoms with van der Waals surface area (Å²) in [5, 5.41) is 2.72. The number of amides is 1. The van der Waals surface area contributed by atoms with Crippen LogP contribution in [-0.4, -0.2) is 30.9 Å². The Labute approximate surface area is 180 Å². The molecule has 31 heavy (non-hydrogen) atoms. The van der Waals surface area contributed by atoms with E-state index in [-0.39, 0.29) is 18.1 Å². The maximum atomic E-state index is 12.4. The summed E-state index contributed by atoms with van der Waals surface area (Å²) in [5.74, 6) is -0.122. The van der Waals surface area contributed by atoms with E-state index in [0.29, 0.717) is 22.6 Å². The number of Topliss-reactive ketones (excluding diaryl/α,β-unsaturated/α-hetero) is 1. The molecule has 0 unspecified atom stereocenters. The standard InChI is InChI=1S/C24H23NO6/c1-15(26)17-8-10-18(11-9-17)21-12-13-22(31-21)24(28)30-16(2)23(27)25-14-19-6-4-5-7-20(19)29-3/h4-13,16H,14H2,1-3H3,(H,25,27)/t16-/m1/s1. The van der Waals surface area contributed by atoms with Gasteiger partial charge in [0.15, 0.2) is 11.9 Å². The van der Waals surface area contributed by atoms with Crippen LogP contribution >= 0.6 is 0 Å². The highest BCUT2D eigenvalue weighted by Gasteiger charge is 2.21. The lowest BCUT2D eigenvalue weighted by Crippen LogP contribution is -2.35. The van der Waals surface area contributed by atoms with Crippen LogP contribution in [0.5, 0.6) is 5.75 Å². The molecule has 0 bridgehead atoms. The van der Waals surface area contributed by atoms with Crippen LogP contribution < -0.4 is 10.1 Å². The van der Waals surface area contributed by atoms with Crippen LogP contribution in [0.1, 0.15) is 40.3 Å². The number of carbonyl (C=O) groups is 3. The zero-order chi connectivity index (χ0) is 22.4. The highest BCUT2D eigenvalue weighted by atomic mass is 16.6. The molecular formula is C24H23NO6. The van der Waals surface area contributed by atoms with Gasteiger partial charge in [-0.25, -0.2) is 4.79 Å². The van der Waals surface area contributed by atoms with Gasteiger partial charge in [-0.2, -0.15) is 0 Å². The number of ether oxygens (including phenoxy) is 2. The van der Waals surface area contributed by atoms with E-state index < -0.39 is 18.0 Å². The fourth-order valence-corrected chi connectivity index (χ4v) is 2.92. The van der Waals surface area contributed by atoms with Crippen LogP contribution in [0.4, 0.5) is 0 Å². The number of nitrogens with one attached hydrogen (secondary N) is 1. The summed E-state index contributed by atoms with van der Waals surface area (Å²) in [6.07, 6.45) is -1.01. The van der Waals surface area contributed by atoms with E-state index in [2.05, 4.69) is 5.32 Å². The molecule has 1 N–H and O–H groups in total. The highest BCUT2D eigenvalue weighted by Crippen LogP contribution is 2.23. The van der Waals surface area contributed by atoms with E-state index in [9.17, 15) is 14.4 Å². The van der Waals surface area contributed by atoms with E-state index in [0.717, 1.165) is 5.56 Å². The van der Waals surface area contributed by atoms with E-state index in [1.165, 1.54) is 19.9 Å². The number of furan rings is 1. The molecule has 7 heteroatoms. The average molecular weight is 421 g/mol. The first-order valence-corrected chi connectivity index (χ1v) is 9.71. The predicted octanol–water partition coefficient (Wildman–Crippen LogP) is 4.02. The van der Waals surface area contributed by atoms with E-state index >= 15 is 0 Å². The molecule has 0 radical (unpaired) electrons. The Balaban J connectivity index is 1.58. The number of methoxy groups -OCH3 is 1. The quantitative estimate of drug-likeness (QED) is 0.436. The molecular weight excluding hydrogens is 398 g/mol. The smallest absolute Gasteiger partial charge is 0.375 e. The zero-order valence-electron chi connectivity index (χ0n) is 17.5. The van der Waals surface area contributed by atoms with Crippen LogP contribution in [0.15, 0.2) is 65.1 Å². The number of esters is 1. The van der Waals surface area contributed by atoms with Gasteiger partial charge in [0.1, 0.15) is 11.5 Å². The van der Waals surface area contributed by atoms with Crippen LogP contribution in [0.25, 0.3) is 11.3 Å². The summed E-state index contributed by atoms with van der Waals surface area (Å²) < 4.78 is 16.0. The van der Waals surface area contributed by atoms with Crippen LogP contribution in [0.3, 0.4) is 0 Å². The minimum absolute atomic E-state index is 0.0185. The van der Waals surface area contributed by atoms with Gasteiger partial charge >= 0.3 is 5.97 Å². The topological polar surface area (TPSA) is 94.8 Å². The van der Waals surface area contributed by atoms with Gasteiger partial charge in [0.05, 0.1) is 7.11 Å². The molecule has 1 atom stereocenters. The lowest BCUT2D eigenvalue weighted by molar-refractivity contribution is -0.129. The molecule has 0 saturated carbocycles. The molecule has 0 aliphatic rings. The summed E-state index contributed by atoms with van der Waals surface area (Å²) in [6, 6.07) is 17.3. The summed E-state index contributed by atoms with van der Waals surface area (Å²) in [6.45, 7) is 3.22. The van der Waals surface area contributed by atoms with Gasteiger partial charge < -0.3 is 19.2 Å². The monoisotopic (exact) mass is 421 g/mol. The number of para-hydroxylation sites is 1. The van der Waals surface area contributed by atoms with Crippen molar-refractivity contribution in [3.63, 3.8) is 0 Å². The molecule has 1 heterocycles. The Morgan fingerprint density at radius 3 is 2.39 bits per heavy atom. The first-order chi connectivity index (χ1) is 14.9. The second-order valence-electron chi connectivity index (χ2n) is 6.87. The Hall–Kier alpha value is -3.87. The molecule has 7 nitrogen and oxygen atoms in total. The summed E-state index contributed by atoms with van der Waals surface area (Å²) >= 11 is 0. The molecule has 2 aromatic carbocycles. The Morgan fingerprint density at radius 2 is 1.71 bits per heavy atom. The van der Waals surface area contributed by atoms with Crippen molar-refractivity contribution in [3.05, 3.63) is 77.6 Å². The first-order valence-electron chi connectivity index (χ1n) is 9.71. The van der Waals surface area contributed by atoms with Gasteiger partial charge in [0.2, 0.25) is 5.76 Å². The normalized spacial score (nSPS) is 11.5. The number of ketones is 1. The van der Waals surface area contributed by atoms with Crippen molar-refractivity contribution in [2.75, 3.05) is 7.11 Å². The van der Waals surface area contributed by atoms with Crippen molar-refractivity contribution >= 4 is 17.7 Å². The number of benzene rings is 2. The number of rotatable bonds is 8. The molecule has 0 saturated heterocycles. The molecule has 0 aliphatic carbocycles. The second kappa shape index (κ2) is 9.75. The second-order valence-corrected chi connectivity index (χ2v) is 6.87. The van der Waals surface area contributed by atoms with Crippen molar-refractivity contribution in [1.82, 2.24) is 5.32 Å². The van der Waals surface area contributed by atoms with E-state index in [1.807, 2.05) is 18.2 Å². The van der Waals surface area contributed by atoms with E-state index in [1.54, 1.807) is 43.5 Å². The summed E-state index contributed by atoms with van der Waals surface area (Å²) in [5.41, 5.74) is 2.11. The predicted molar refractivity (Wildman–Crippen MR) is 114 cm³/mol. The Bertz CT molecular complexity index is 1080. The third kappa shape index (κ3) is 5.39. The molecule has 3 aromatic rings. The highest BCUT2D eigenvalue weighted by molar-refractivity contribution is 5.94. The fourth-order valence-electron chi connectivity index (χ4n) is 2.92. The third-order valence-electron chi connectivity index (χ3n) is 4.68. The zero-order valence-corrected chi connectivity index (χ0v) is 17.5. The molecule has 1 aromatic heterocycles. The number of hydrogen-bond acceptors (Lipinski definition) is 6. The third-order valence-corrected chi connectivity index (χ3v) is 4.68. The van der Waals surface area contributed by atoms with Crippen LogP contribution in [0, 0.1) is 0 Å². The van der Waals surface area contributed by atoms with Gasteiger partial charge in [0.25, 0.3) is 5.91 Å². The fraction of sp³-hybridized carbons (Fsp3) is 0.208. The molecule has 1 amide bonds. The van der Waals surface area contributed by atoms with Crippen molar-refractivity contribution in [3.8, 4) is 17.1 Å². The molecule has 160 valence electrons. The Kier molecular flexibility index (Phi) is 6.87. The van der Waals surface area contributed by atoms with E-state index in [4.69, 9.17) is 13.9 Å². The summed E-state index contributed by atoms with van der Waals surface area (Å²) in [7, 11) is 1.56. The van der Waals surface area contributed by atoms with Crippen LogP contribution in [-0.2, 0) is 16.1 Å². The molecule has 0 spiro atoms. The number of hydrogen-bond donors (Lipinski definition) is 1. The van der Waals surface area contributed by atoms with Gasteiger partial charge in [-0.1, -0.05) is 42.5 Å². The maximum Gasteiger partial charge on any atom is 0.375 e. The van der Waals surface area contributed by atoms with Crippen molar-refractivity contribution in [1.29, 1.82) is 0 Å². The maximum absolute atomic E-state index is 12.4. The average Bonchev–Trinajstić information content (AvgIpc) is 3.28. The SMILES string of the molecule is COc1ccccc1CNC(=O)[C@@H](C)OC(=O)c1ccc(-c2ccc(C(C)=O)cc2)o1. The van der Waals surface area contributed by atoms with Crippen molar-refractivity contribution in [2.24, 2.45) is 0 Å². The summed E-state index contributed by atoms with van der Waals surface area (Å²) in [4.78, 5) is 36.1. The largest absolute Gasteiger partial charge is 0.496 e. The van der Waals surface area contributed by atoms with Gasteiger partial charge in [-0.3, -0.25) is 9.59 Å². The minimum atomic E-state index is -1.01. The first kappa shape index (κ1) is 21.8. The minimum Gasteiger partial charge on any atom is -0.496 e.